The van der Waals surface area contributed by atoms with Crippen molar-refractivity contribution in [3.63, 3.8) is 0 Å². The second-order valence-electron chi connectivity index (χ2n) is 2.06. The van der Waals surface area contributed by atoms with E-state index in [0.29, 0.717) is 0 Å². The summed E-state index contributed by atoms with van der Waals surface area (Å²) in [4.78, 5) is 0. The molecule has 0 aromatic heterocycles. The van der Waals surface area contributed by atoms with E-state index in [1.54, 1.807) is 0 Å². The van der Waals surface area contributed by atoms with Gasteiger partial charge in [0.2, 0.25) is 0 Å². The van der Waals surface area contributed by atoms with Crippen LogP contribution in [0.2, 0.25) is 0 Å². The lowest BCUT2D eigenvalue weighted by Gasteiger charge is -2.34. The van der Waals surface area contributed by atoms with E-state index in [2.05, 4.69) is 6.07 Å². The zero-order valence-corrected chi connectivity index (χ0v) is 4.98. The Labute approximate surface area is 49.1 Å². The van der Waals surface area contributed by atoms with Gasteiger partial charge in [0.15, 0.2) is 5.60 Å². The summed E-state index contributed by atoms with van der Waals surface area (Å²) in [5.74, 6) is 0. The van der Waals surface area contributed by atoms with Crippen LogP contribution in [-0.4, -0.2) is 12.2 Å². The first-order valence-electron chi connectivity index (χ1n) is 2.88. The molecule has 0 radical (unpaired) electrons. The number of hydrogen-bond donors (Lipinski definition) is 0. The van der Waals surface area contributed by atoms with E-state index in [-0.39, 0.29) is 5.60 Å². The van der Waals surface area contributed by atoms with E-state index in [4.69, 9.17) is 10.00 Å². The summed E-state index contributed by atoms with van der Waals surface area (Å²) in [6, 6.07) is 2.14. The predicted molar refractivity (Wildman–Crippen MR) is 29.2 cm³/mol. The fourth-order valence-corrected chi connectivity index (χ4v) is 0.795. The Morgan fingerprint density at radius 2 is 2.50 bits per heavy atom. The highest BCUT2D eigenvalue weighted by Gasteiger charge is 2.36. The highest BCUT2D eigenvalue weighted by Crippen LogP contribution is 2.28. The van der Waals surface area contributed by atoms with Crippen molar-refractivity contribution in [2.45, 2.75) is 25.4 Å². The molecule has 0 spiro atoms. The van der Waals surface area contributed by atoms with E-state index in [1.165, 1.54) is 0 Å². The van der Waals surface area contributed by atoms with Gasteiger partial charge < -0.3 is 4.74 Å². The van der Waals surface area contributed by atoms with Gasteiger partial charge in [0.25, 0.3) is 0 Å². The van der Waals surface area contributed by atoms with Crippen molar-refractivity contribution in [2.75, 3.05) is 6.61 Å². The molecule has 1 atom stereocenters. The van der Waals surface area contributed by atoms with E-state index in [1.807, 2.05) is 6.92 Å². The first-order chi connectivity index (χ1) is 3.83. The van der Waals surface area contributed by atoms with E-state index in [9.17, 15) is 0 Å². The minimum Gasteiger partial charge on any atom is -0.360 e. The molecular formula is C6H9NO. The maximum Gasteiger partial charge on any atom is 0.156 e. The minimum atomic E-state index is -0.389. The second kappa shape index (κ2) is 1.75. The summed E-state index contributed by atoms with van der Waals surface area (Å²) in [5.41, 5.74) is -0.389. The van der Waals surface area contributed by atoms with Crippen molar-refractivity contribution in [1.29, 1.82) is 5.26 Å². The molecule has 0 N–H and O–H groups in total. The summed E-state index contributed by atoms with van der Waals surface area (Å²) < 4.78 is 5.06. The lowest BCUT2D eigenvalue weighted by atomic mass is 9.94. The van der Waals surface area contributed by atoms with Crippen molar-refractivity contribution < 1.29 is 4.74 Å². The van der Waals surface area contributed by atoms with Gasteiger partial charge in [0.05, 0.1) is 12.7 Å². The Kier molecular flexibility index (Phi) is 1.22. The molecule has 0 aromatic rings. The Morgan fingerprint density at radius 1 is 1.88 bits per heavy atom. The van der Waals surface area contributed by atoms with Gasteiger partial charge in [0, 0.05) is 6.42 Å². The van der Waals surface area contributed by atoms with Gasteiger partial charge in [-0.05, 0) is 6.42 Å². The maximum atomic E-state index is 8.46. The molecule has 0 amide bonds. The van der Waals surface area contributed by atoms with Crippen LogP contribution in [-0.2, 0) is 4.74 Å². The average molecular weight is 111 g/mol. The first-order valence-corrected chi connectivity index (χ1v) is 2.88. The van der Waals surface area contributed by atoms with Crippen molar-refractivity contribution in [3.05, 3.63) is 0 Å². The Morgan fingerprint density at radius 3 is 2.50 bits per heavy atom. The minimum absolute atomic E-state index is 0.389. The summed E-state index contributed by atoms with van der Waals surface area (Å²) in [6.45, 7) is 2.74. The van der Waals surface area contributed by atoms with Crippen LogP contribution in [0.4, 0.5) is 0 Å². The first kappa shape index (κ1) is 5.58. The van der Waals surface area contributed by atoms with Crippen LogP contribution in [0.15, 0.2) is 0 Å². The second-order valence-corrected chi connectivity index (χ2v) is 2.06. The molecule has 1 unspecified atom stereocenters. The van der Waals surface area contributed by atoms with Crippen LogP contribution >= 0.6 is 0 Å². The summed E-state index contributed by atoms with van der Waals surface area (Å²) in [5, 5.41) is 8.46. The van der Waals surface area contributed by atoms with Crippen molar-refractivity contribution in [3.8, 4) is 6.07 Å². The normalized spacial score (nSPS) is 35.5. The van der Waals surface area contributed by atoms with Gasteiger partial charge in [0.1, 0.15) is 0 Å². The van der Waals surface area contributed by atoms with Crippen molar-refractivity contribution in [1.82, 2.24) is 0 Å². The van der Waals surface area contributed by atoms with Gasteiger partial charge in [-0.1, -0.05) is 6.92 Å². The molecule has 2 nitrogen and oxygen atoms in total. The number of nitriles is 1. The molecule has 0 saturated carbocycles. The zero-order chi connectivity index (χ0) is 6.04. The molecule has 44 valence electrons. The van der Waals surface area contributed by atoms with Gasteiger partial charge in [-0.25, -0.2) is 0 Å². The molecule has 0 aliphatic carbocycles. The number of ether oxygens (including phenoxy) is 1. The molecule has 1 fully saturated rings. The largest absolute Gasteiger partial charge is 0.360 e. The smallest absolute Gasteiger partial charge is 0.156 e. The van der Waals surface area contributed by atoms with Crippen LogP contribution in [0.3, 0.4) is 0 Å². The lowest BCUT2D eigenvalue weighted by Crippen LogP contribution is -2.41. The molecule has 1 aliphatic heterocycles. The molecule has 1 heterocycles. The third kappa shape index (κ3) is 0.597. The SMILES string of the molecule is CCC1(C#N)CCO1. The van der Waals surface area contributed by atoms with Crippen LogP contribution in [0.5, 0.6) is 0 Å². The molecule has 0 bridgehead atoms. The molecule has 1 rings (SSSR count). The average Bonchev–Trinajstić information content (AvgIpc) is 1.67. The molecular weight excluding hydrogens is 102 g/mol. The number of rotatable bonds is 1. The quantitative estimate of drug-likeness (QED) is 0.507. The zero-order valence-electron chi connectivity index (χ0n) is 4.98. The highest BCUT2D eigenvalue weighted by atomic mass is 16.5. The Balaban J connectivity index is 2.49. The van der Waals surface area contributed by atoms with Gasteiger partial charge in [-0.3, -0.25) is 0 Å². The number of hydrogen-bond acceptors (Lipinski definition) is 2. The molecule has 0 aromatic carbocycles. The van der Waals surface area contributed by atoms with E-state index >= 15 is 0 Å². The highest BCUT2D eigenvalue weighted by molar-refractivity contribution is 5.05. The standard InChI is InChI=1S/C6H9NO/c1-2-6(5-7)3-4-8-6/h2-4H2,1H3. The van der Waals surface area contributed by atoms with Crippen LogP contribution < -0.4 is 0 Å². The van der Waals surface area contributed by atoms with Gasteiger partial charge in [-0.15, -0.1) is 0 Å². The molecule has 1 saturated heterocycles. The van der Waals surface area contributed by atoms with Gasteiger partial charge in [-0.2, -0.15) is 5.26 Å². The monoisotopic (exact) mass is 111 g/mol. The third-order valence-electron chi connectivity index (χ3n) is 1.66. The fraction of sp³-hybridized carbons (Fsp3) is 0.833. The van der Waals surface area contributed by atoms with Gasteiger partial charge >= 0.3 is 0 Å². The molecule has 8 heavy (non-hydrogen) atoms. The lowest BCUT2D eigenvalue weighted by molar-refractivity contribution is -0.107. The summed E-state index contributed by atoms with van der Waals surface area (Å²) >= 11 is 0. The molecule has 2 heteroatoms. The maximum absolute atomic E-state index is 8.46. The fourth-order valence-electron chi connectivity index (χ4n) is 0.795. The molecule has 1 aliphatic rings. The van der Waals surface area contributed by atoms with Crippen LogP contribution in [0.1, 0.15) is 19.8 Å². The predicted octanol–water partition coefficient (Wildman–Crippen LogP) is 1.08. The Bertz CT molecular complexity index is 115. The van der Waals surface area contributed by atoms with Crippen molar-refractivity contribution >= 4 is 0 Å². The Hall–Kier alpha value is -0.550. The summed E-state index contributed by atoms with van der Waals surface area (Å²) in [7, 11) is 0. The van der Waals surface area contributed by atoms with E-state index < -0.39 is 0 Å². The third-order valence-corrected chi connectivity index (χ3v) is 1.66. The topological polar surface area (TPSA) is 33.0 Å². The van der Waals surface area contributed by atoms with Crippen LogP contribution in [0, 0.1) is 11.3 Å². The number of nitrogens with zero attached hydrogens (tertiary/aromatic N) is 1. The summed E-state index contributed by atoms with van der Waals surface area (Å²) in [6.07, 6.45) is 1.74. The van der Waals surface area contributed by atoms with E-state index in [0.717, 1.165) is 19.4 Å². The van der Waals surface area contributed by atoms with Crippen molar-refractivity contribution in [2.24, 2.45) is 0 Å². The van der Waals surface area contributed by atoms with Crippen LogP contribution in [0.25, 0.3) is 0 Å².